The van der Waals surface area contributed by atoms with Gasteiger partial charge in [-0.15, -0.1) is 0 Å². The molecule has 1 unspecified atom stereocenters. The zero-order chi connectivity index (χ0) is 12.3. The summed E-state index contributed by atoms with van der Waals surface area (Å²) in [5.74, 6) is 0. The fourth-order valence-corrected chi connectivity index (χ4v) is 2.54. The van der Waals surface area contributed by atoms with Gasteiger partial charge in [0.2, 0.25) is 0 Å². The van der Waals surface area contributed by atoms with Gasteiger partial charge < -0.3 is 21.5 Å². The summed E-state index contributed by atoms with van der Waals surface area (Å²) in [5, 5.41) is 8.91. The van der Waals surface area contributed by atoms with E-state index >= 15 is 0 Å². The molecule has 1 aliphatic rings. The van der Waals surface area contributed by atoms with Crippen LogP contribution in [0.25, 0.3) is 0 Å². The number of aliphatic hydroxyl groups is 1. The van der Waals surface area contributed by atoms with Gasteiger partial charge in [0, 0.05) is 24.9 Å². The summed E-state index contributed by atoms with van der Waals surface area (Å²) in [5.41, 5.74) is 14.0. The van der Waals surface area contributed by atoms with Crippen LogP contribution >= 0.6 is 0 Å². The van der Waals surface area contributed by atoms with Crippen molar-refractivity contribution in [3.8, 4) is 0 Å². The van der Waals surface area contributed by atoms with E-state index < -0.39 is 0 Å². The third-order valence-electron chi connectivity index (χ3n) is 3.47. The maximum Gasteiger partial charge on any atom is 0.0568 e. The molecule has 0 radical (unpaired) electrons. The van der Waals surface area contributed by atoms with Crippen LogP contribution in [0.1, 0.15) is 25.7 Å². The molecule has 0 bridgehead atoms. The zero-order valence-electron chi connectivity index (χ0n) is 10.1. The highest BCUT2D eigenvalue weighted by molar-refractivity contribution is 5.70. The number of hydrogen-bond donors (Lipinski definition) is 3. The Morgan fingerprint density at radius 1 is 1.29 bits per heavy atom. The molecule has 0 saturated carbocycles. The first-order chi connectivity index (χ1) is 8.22. The van der Waals surface area contributed by atoms with Crippen molar-refractivity contribution in [2.24, 2.45) is 0 Å². The fourth-order valence-electron chi connectivity index (χ4n) is 2.54. The molecule has 1 aromatic carbocycles. The fraction of sp³-hybridized carbons (Fsp3) is 0.538. The van der Waals surface area contributed by atoms with Crippen LogP contribution in [0.5, 0.6) is 0 Å². The first-order valence-corrected chi connectivity index (χ1v) is 6.25. The van der Waals surface area contributed by atoms with E-state index in [9.17, 15) is 0 Å². The van der Waals surface area contributed by atoms with E-state index in [4.69, 9.17) is 16.6 Å². The van der Waals surface area contributed by atoms with Crippen LogP contribution in [0, 0.1) is 0 Å². The molecular weight excluding hydrogens is 214 g/mol. The van der Waals surface area contributed by atoms with Crippen LogP contribution in [-0.4, -0.2) is 24.3 Å². The highest BCUT2D eigenvalue weighted by atomic mass is 16.2. The number of anilines is 3. The van der Waals surface area contributed by atoms with Crippen molar-refractivity contribution in [1.29, 1.82) is 0 Å². The summed E-state index contributed by atoms with van der Waals surface area (Å²) < 4.78 is 0. The molecule has 0 spiro atoms. The average molecular weight is 235 g/mol. The number of hydrogen-bond acceptors (Lipinski definition) is 4. The maximum atomic E-state index is 8.91. The first-order valence-electron chi connectivity index (χ1n) is 6.25. The molecule has 1 fully saturated rings. The Balaban J connectivity index is 2.11. The third kappa shape index (κ3) is 2.64. The van der Waals surface area contributed by atoms with Crippen molar-refractivity contribution in [1.82, 2.24) is 0 Å². The summed E-state index contributed by atoms with van der Waals surface area (Å²) in [4.78, 5) is 2.38. The van der Waals surface area contributed by atoms with E-state index in [0.717, 1.165) is 25.1 Å². The van der Waals surface area contributed by atoms with Gasteiger partial charge in [0.05, 0.1) is 11.4 Å². The van der Waals surface area contributed by atoms with Crippen LogP contribution in [0.4, 0.5) is 17.1 Å². The molecule has 0 amide bonds. The molecule has 4 heteroatoms. The molecule has 4 nitrogen and oxygen atoms in total. The van der Waals surface area contributed by atoms with Gasteiger partial charge in [-0.1, -0.05) is 0 Å². The molecule has 0 aliphatic carbocycles. The van der Waals surface area contributed by atoms with Gasteiger partial charge in [-0.25, -0.2) is 0 Å². The van der Waals surface area contributed by atoms with Crippen LogP contribution in [0.15, 0.2) is 18.2 Å². The Bertz CT molecular complexity index is 381. The predicted molar refractivity (Wildman–Crippen MR) is 72.0 cm³/mol. The summed E-state index contributed by atoms with van der Waals surface area (Å²) in [7, 11) is 0. The van der Waals surface area contributed by atoms with Crippen LogP contribution in [0.2, 0.25) is 0 Å². The van der Waals surface area contributed by atoms with Gasteiger partial charge in [-0.3, -0.25) is 0 Å². The van der Waals surface area contributed by atoms with E-state index in [1.54, 1.807) is 0 Å². The Hall–Kier alpha value is -1.42. The molecule has 5 N–H and O–H groups in total. The van der Waals surface area contributed by atoms with Gasteiger partial charge in [-0.05, 0) is 43.9 Å². The molecular formula is C13H21N3O. The average Bonchev–Trinajstić information content (AvgIpc) is 2.78. The Morgan fingerprint density at radius 2 is 2.12 bits per heavy atom. The summed E-state index contributed by atoms with van der Waals surface area (Å²) in [6.07, 6.45) is 4.32. The lowest BCUT2D eigenvalue weighted by atomic mass is 10.1. The monoisotopic (exact) mass is 235 g/mol. The van der Waals surface area contributed by atoms with Gasteiger partial charge in [0.15, 0.2) is 0 Å². The van der Waals surface area contributed by atoms with E-state index in [2.05, 4.69) is 4.90 Å². The van der Waals surface area contributed by atoms with Gasteiger partial charge in [0.1, 0.15) is 0 Å². The molecule has 1 saturated heterocycles. The quantitative estimate of drug-likeness (QED) is 0.693. The van der Waals surface area contributed by atoms with E-state index in [1.807, 2.05) is 18.2 Å². The topological polar surface area (TPSA) is 75.5 Å². The largest absolute Gasteiger partial charge is 0.397 e. The minimum atomic E-state index is 0.272. The van der Waals surface area contributed by atoms with Crippen molar-refractivity contribution < 1.29 is 5.11 Å². The van der Waals surface area contributed by atoms with Crippen LogP contribution < -0.4 is 16.4 Å². The Morgan fingerprint density at radius 3 is 2.82 bits per heavy atom. The van der Waals surface area contributed by atoms with Crippen LogP contribution in [0.3, 0.4) is 0 Å². The first kappa shape index (κ1) is 12.0. The van der Waals surface area contributed by atoms with Crippen molar-refractivity contribution in [2.75, 3.05) is 29.5 Å². The summed E-state index contributed by atoms with van der Waals surface area (Å²) >= 11 is 0. The highest BCUT2D eigenvalue weighted by Crippen LogP contribution is 2.30. The molecule has 0 aromatic heterocycles. The normalized spacial score (nSPS) is 19.8. The number of rotatable bonds is 4. The summed E-state index contributed by atoms with van der Waals surface area (Å²) in [6.45, 7) is 1.34. The number of aliphatic hydroxyl groups excluding tert-OH is 1. The van der Waals surface area contributed by atoms with Crippen molar-refractivity contribution in [3.05, 3.63) is 18.2 Å². The lowest BCUT2D eigenvalue weighted by Gasteiger charge is -2.27. The molecule has 94 valence electrons. The lowest BCUT2D eigenvalue weighted by molar-refractivity contribution is 0.279. The van der Waals surface area contributed by atoms with E-state index in [-0.39, 0.29) is 6.61 Å². The molecule has 1 atom stereocenters. The maximum absolute atomic E-state index is 8.91. The number of nitrogens with zero attached hydrogens (tertiary/aromatic N) is 1. The second-order valence-electron chi connectivity index (χ2n) is 4.67. The standard InChI is InChI=1S/C13H21N3O/c14-12-6-5-11(9-13(12)15)16-7-1-3-10(16)4-2-8-17/h5-6,9-10,17H,1-4,7-8,14-15H2. The van der Waals surface area contributed by atoms with E-state index in [0.29, 0.717) is 17.4 Å². The smallest absolute Gasteiger partial charge is 0.0568 e. The minimum absolute atomic E-state index is 0.272. The van der Waals surface area contributed by atoms with Crippen LogP contribution in [-0.2, 0) is 0 Å². The van der Waals surface area contributed by atoms with Gasteiger partial charge in [-0.2, -0.15) is 0 Å². The second kappa shape index (κ2) is 5.27. The minimum Gasteiger partial charge on any atom is -0.397 e. The zero-order valence-corrected chi connectivity index (χ0v) is 10.1. The predicted octanol–water partition coefficient (Wildman–Crippen LogP) is 1.59. The molecule has 1 aromatic rings. The molecule has 1 heterocycles. The Labute approximate surface area is 102 Å². The molecule has 2 rings (SSSR count). The van der Waals surface area contributed by atoms with Crippen molar-refractivity contribution in [3.63, 3.8) is 0 Å². The SMILES string of the molecule is Nc1ccc(N2CCCC2CCCO)cc1N. The lowest BCUT2D eigenvalue weighted by Crippen LogP contribution is -2.29. The van der Waals surface area contributed by atoms with Gasteiger partial charge in [0.25, 0.3) is 0 Å². The van der Waals surface area contributed by atoms with Crippen molar-refractivity contribution in [2.45, 2.75) is 31.7 Å². The highest BCUT2D eigenvalue weighted by Gasteiger charge is 2.24. The molecule has 1 aliphatic heterocycles. The van der Waals surface area contributed by atoms with Crippen molar-refractivity contribution >= 4 is 17.1 Å². The van der Waals surface area contributed by atoms with E-state index in [1.165, 1.54) is 12.8 Å². The molecule has 17 heavy (non-hydrogen) atoms. The van der Waals surface area contributed by atoms with Gasteiger partial charge >= 0.3 is 0 Å². The Kier molecular flexibility index (Phi) is 3.74. The number of nitrogen functional groups attached to an aromatic ring is 2. The number of benzene rings is 1. The third-order valence-corrected chi connectivity index (χ3v) is 3.47. The summed E-state index contributed by atoms with van der Waals surface area (Å²) in [6, 6.07) is 6.38. The second-order valence-corrected chi connectivity index (χ2v) is 4.67. The number of nitrogens with two attached hydrogens (primary N) is 2.